The number of nitrogens with one attached hydrogen (secondary N) is 2. The van der Waals surface area contributed by atoms with Crippen LogP contribution in [0.1, 0.15) is 45.4 Å². The molecule has 3 aromatic carbocycles. The van der Waals surface area contributed by atoms with Gasteiger partial charge in [-0.2, -0.15) is 5.10 Å². The highest BCUT2D eigenvalue weighted by molar-refractivity contribution is 7.21. The number of carbonyl (C=O) groups excluding carboxylic acids is 3. The van der Waals surface area contributed by atoms with Gasteiger partial charge in [-0.3, -0.25) is 9.59 Å². The maximum atomic E-state index is 12.6. The van der Waals surface area contributed by atoms with Crippen LogP contribution in [-0.4, -0.2) is 44.3 Å². The molecule has 2 amide bonds. The minimum Gasteiger partial charge on any atom is -0.494 e. The molecule has 1 aromatic heterocycles. The predicted octanol–water partition coefficient (Wildman–Crippen LogP) is 5.84. The molecule has 0 aliphatic carbocycles. The zero-order chi connectivity index (χ0) is 29.2. The standard InChI is InChI=1S/C30H28ClN3O6S/c1-3-4-15-39-21-12-10-20(11-13-21)30(37)40-23-14-9-19(16-24(23)38-2)17-33-34-26(35)18-32-29(36)28-27(31)22-7-5-6-8-25(22)41-28/h5-14,16-17H,3-4,15,18H2,1-2H3,(H,32,36)(H,34,35)/b33-17-. The monoisotopic (exact) mass is 593 g/mol. The smallest absolute Gasteiger partial charge is 0.343 e. The SMILES string of the molecule is CCCCOc1ccc(C(=O)Oc2ccc(/C=N\NC(=O)CNC(=O)c3sc4ccccc4c3Cl)cc2OC)cc1. The topological polar surface area (TPSA) is 115 Å². The molecular formula is C30H28ClN3O6S. The van der Waals surface area contributed by atoms with Gasteiger partial charge in [0.1, 0.15) is 10.6 Å². The van der Waals surface area contributed by atoms with Crippen molar-refractivity contribution >= 4 is 57.0 Å². The Kier molecular flexibility index (Phi) is 10.3. The lowest BCUT2D eigenvalue weighted by Gasteiger charge is -2.10. The second-order valence-corrected chi connectivity index (χ2v) is 10.2. The summed E-state index contributed by atoms with van der Waals surface area (Å²) in [6, 6.07) is 19.0. The Bertz CT molecular complexity index is 1570. The Labute approximate surface area is 246 Å². The van der Waals surface area contributed by atoms with Crippen molar-refractivity contribution in [1.29, 1.82) is 0 Å². The summed E-state index contributed by atoms with van der Waals surface area (Å²) in [6.45, 7) is 2.42. The average Bonchev–Trinajstić information content (AvgIpc) is 3.33. The summed E-state index contributed by atoms with van der Waals surface area (Å²) in [4.78, 5) is 37.7. The van der Waals surface area contributed by atoms with Crippen LogP contribution in [0.5, 0.6) is 17.2 Å². The molecule has 41 heavy (non-hydrogen) atoms. The summed E-state index contributed by atoms with van der Waals surface area (Å²) >= 11 is 7.58. The number of hydrogen-bond donors (Lipinski definition) is 2. The van der Waals surface area contributed by atoms with Gasteiger partial charge in [0.05, 0.1) is 37.1 Å². The first kappa shape index (κ1) is 29.6. The van der Waals surface area contributed by atoms with Crippen LogP contribution >= 0.6 is 22.9 Å². The van der Waals surface area contributed by atoms with Crippen LogP contribution in [0.2, 0.25) is 5.02 Å². The van der Waals surface area contributed by atoms with Gasteiger partial charge in [0.2, 0.25) is 0 Å². The number of thiophene rings is 1. The number of carbonyl (C=O) groups is 3. The van der Waals surface area contributed by atoms with Crippen LogP contribution in [0, 0.1) is 0 Å². The van der Waals surface area contributed by atoms with Gasteiger partial charge in [-0.25, -0.2) is 10.2 Å². The molecule has 0 aliphatic heterocycles. The van der Waals surface area contributed by atoms with E-state index in [2.05, 4.69) is 22.8 Å². The fourth-order valence-corrected chi connectivity index (χ4v) is 5.08. The van der Waals surface area contributed by atoms with Crippen LogP contribution in [0.4, 0.5) is 0 Å². The fourth-order valence-electron chi connectivity index (χ4n) is 3.65. The number of benzene rings is 3. The van der Waals surface area contributed by atoms with E-state index in [1.54, 1.807) is 42.5 Å². The highest BCUT2D eigenvalue weighted by Gasteiger charge is 2.17. The molecule has 0 atom stereocenters. The highest BCUT2D eigenvalue weighted by Crippen LogP contribution is 2.35. The lowest BCUT2D eigenvalue weighted by atomic mass is 10.2. The second kappa shape index (κ2) is 14.3. The minimum absolute atomic E-state index is 0.226. The maximum absolute atomic E-state index is 12.6. The summed E-state index contributed by atoms with van der Waals surface area (Å²) in [6.07, 6.45) is 3.39. The van der Waals surface area contributed by atoms with Crippen molar-refractivity contribution in [2.24, 2.45) is 5.10 Å². The number of hydrazone groups is 1. The number of hydrogen-bond acceptors (Lipinski definition) is 8. The van der Waals surface area contributed by atoms with E-state index in [4.69, 9.17) is 25.8 Å². The Morgan fingerprint density at radius 3 is 2.54 bits per heavy atom. The number of nitrogens with zero attached hydrogens (tertiary/aromatic N) is 1. The molecule has 0 saturated heterocycles. The second-order valence-electron chi connectivity index (χ2n) is 8.74. The third-order valence-electron chi connectivity index (χ3n) is 5.80. The van der Waals surface area contributed by atoms with Crippen molar-refractivity contribution in [3.8, 4) is 17.2 Å². The van der Waals surface area contributed by atoms with Crippen LogP contribution in [-0.2, 0) is 4.79 Å². The first-order valence-electron chi connectivity index (χ1n) is 12.8. The minimum atomic E-state index is -0.545. The molecule has 212 valence electrons. The van der Waals surface area contributed by atoms with E-state index < -0.39 is 17.8 Å². The first-order valence-corrected chi connectivity index (χ1v) is 14.0. The number of esters is 1. The fraction of sp³-hybridized carbons (Fsp3) is 0.200. The number of ether oxygens (including phenoxy) is 3. The number of fused-ring (bicyclic) bond motifs is 1. The molecule has 0 saturated carbocycles. The zero-order valence-electron chi connectivity index (χ0n) is 22.4. The van der Waals surface area contributed by atoms with Gasteiger partial charge in [-0.1, -0.05) is 43.1 Å². The van der Waals surface area contributed by atoms with Crippen LogP contribution < -0.4 is 25.0 Å². The van der Waals surface area contributed by atoms with Crippen molar-refractivity contribution in [2.45, 2.75) is 19.8 Å². The van der Waals surface area contributed by atoms with Gasteiger partial charge in [-0.15, -0.1) is 11.3 Å². The Balaban J connectivity index is 1.28. The largest absolute Gasteiger partial charge is 0.494 e. The lowest BCUT2D eigenvalue weighted by Crippen LogP contribution is -2.34. The first-order chi connectivity index (χ1) is 19.9. The average molecular weight is 594 g/mol. The normalized spacial score (nSPS) is 10.9. The molecule has 0 unspecified atom stereocenters. The lowest BCUT2D eigenvalue weighted by molar-refractivity contribution is -0.120. The van der Waals surface area contributed by atoms with Gasteiger partial charge < -0.3 is 19.5 Å². The van der Waals surface area contributed by atoms with Gasteiger partial charge in [0, 0.05) is 10.1 Å². The molecule has 1 heterocycles. The highest BCUT2D eigenvalue weighted by atomic mass is 35.5. The van der Waals surface area contributed by atoms with Crippen molar-refractivity contribution in [1.82, 2.24) is 10.7 Å². The Morgan fingerprint density at radius 2 is 1.80 bits per heavy atom. The zero-order valence-corrected chi connectivity index (χ0v) is 24.0. The summed E-state index contributed by atoms with van der Waals surface area (Å²) in [5, 5.41) is 7.61. The molecule has 0 aliphatic rings. The molecule has 2 N–H and O–H groups in total. The van der Waals surface area contributed by atoms with E-state index in [9.17, 15) is 14.4 Å². The Morgan fingerprint density at radius 1 is 1.02 bits per heavy atom. The molecule has 0 fully saturated rings. The molecule has 11 heteroatoms. The summed E-state index contributed by atoms with van der Waals surface area (Å²) in [5.74, 6) is -0.292. The van der Waals surface area contributed by atoms with E-state index in [-0.39, 0.29) is 12.3 Å². The molecule has 4 aromatic rings. The van der Waals surface area contributed by atoms with Gasteiger partial charge >= 0.3 is 5.97 Å². The van der Waals surface area contributed by atoms with Crippen molar-refractivity contribution in [3.63, 3.8) is 0 Å². The molecule has 0 spiro atoms. The third-order valence-corrected chi connectivity index (χ3v) is 7.47. The summed E-state index contributed by atoms with van der Waals surface area (Å²) in [7, 11) is 1.45. The van der Waals surface area contributed by atoms with Crippen molar-refractivity contribution in [3.05, 3.63) is 87.8 Å². The Hall–Kier alpha value is -4.41. The molecule has 0 radical (unpaired) electrons. The van der Waals surface area contributed by atoms with Gasteiger partial charge in [-0.05, 0) is 60.5 Å². The number of methoxy groups -OCH3 is 1. The summed E-state index contributed by atoms with van der Waals surface area (Å²) in [5.41, 5.74) is 3.30. The van der Waals surface area contributed by atoms with E-state index >= 15 is 0 Å². The number of rotatable bonds is 12. The molecule has 0 bridgehead atoms. The van der Waals surface area contributed by atoms with Crippen molar-refractivity contribution in [2.75, 3.05) is 20.3 Å². The third kappa shape index (κ3) is 7.84. The van der Waals surface area contributed by atoms with E-state index in [1.165, 1.54) is 24.7 Å². The van der Waals surface area contributed by atoms with E-state index in [0.29, 0.717) is 39.1 Å². The quantitative estimate of drug-likeness (QED) is 0.0701. The van der Waals surface area contributed by atoms with Crippen LogP contribution in [0.25, 0.3) is 10.1 Å². The molecule has 9 nitrogen and oxygen atoms in total. The number of unbranched alkanes of at least 4 members (excludes halogenated alkanes) is 1. The van der Waals surface area contributed by atoms with Crippen LogP contribution in [0.3, 0.4) is 0 Å². The van der Waals surface area contributed by atoms with Crippen molar-refractivity contribution < 1.29 is 28.6 Å². The number of amides is 2. The van der Waals surface area contributed by atoms with Gasteiger partial charge in [0.15, 0.2) is 11.5 Å². The predicted molar refractivity (Wildman–Crippen MR) is 160 cm³/mol. The van der Waals surface area contributed by atoms with E-state index in [0.717, 1.165) is 22.9 Å². The number of halogens is 1. The molecule has 4 rings (SSSR count). The molecular weight excluding hydrogens is 566 g/mol. The van der Waals surface area contributed by atoms with E-state index in [1.807, 2.05) is 24.3 Å². The van der Waals surface area contributed by atoms with Gasteiger partial charge in [0.25, 0.3) is 11.8 Å². The maximum Gasteiger partial charge on any atom is 0.343 e. The van der Waals surface area contributed by atoms with Crippen LogP contribution in [0.15, 0.2) is 71.8 Å². The summed E-state index contributed by atoms with van der Waals surface area (Å²) < 4.78 is 17.4.